The van der Waals surface area contributed by atoms with Crippen LogP contribution in [0.2, 0.25) is 0 Å². The van der Waals surface area contributed by atoms with Crippen molar-refractivity contribution in [3.63, 3.8) is 0 Å². The Hall–Kier alpha value is -1.56. The number of ether oxygens (including phenoxy) is 1. The van der Waals surface area contributed by atoms with Crippen molar-refractivity contribution in [1.29, 1.82) is 0 Å². The smallest absolute Gasteiger partial charge is 0.443 e. The number of hydrogen-bond acceptors (Lipinski definition) is 8. The summed E-state index contributed by atoms with van der Waals surface area (Å²) in [6.45, 7) is 26.9. The molecule has 0 radical (unpaired) electrons. The average molecular weight is 611 g/mol. The molecule has 242 valence electrons. The lowest BCUT2D eigenvalue weighted by atomic mass is 9.49. The van der Waals surface area contributed by atoms with Gasteiger partial charge in [-0.2, -0.15) is 0 Å². The fourth-order valence-electron chi connectivity index (χ4n) is 6.35. The molecule has 1 amide bonds. The van der Waals surface area contributed by atoms with Crippen LogP contribution >= 0.6 is 0 Å². The maximum absolute atomic E-state index is 12.9. The minimum absolute atomic E-state index is 0.316. The van der Waals surface area contributed by atoms with Crippen LogP contribution < -0.4 is 10.4 Å². The lowest BCUT2D eigenvalue weighted by molar-refractivity contribution is -0.0576. The number of aryl methyl sites for hydroxylation is 1. The Labute approximate surface area is 265 Å². The molecule has 0 N–H and O–H groups in total. The first-order valence-corrected chi connectivity index (χ1v) is 16.2. The molecule has 0 aromatic heterocycles. The molecular weight excluding hydrogens is 559 g/mol. The maximum Gasteiger partial charge on any atom is 0.494 e. The molecule has 1 aromatic carbocycles. The van der Waals surface area contributed by atoms with Gasteiger partial charge in [-0.15, -0.1) is 0 Å². The summed E-state index contributed by atoms with van der Waals surface area (Å²) in [6.07, 6.45) is 2.80. The fraction of sp³-hybridized carbons (Fsp3) is 0.781. The monoisotopic (exact) mass is 611 g/mol. The van der Waals surface area contributed by atoms with Crippen LogP contribution in [-0.4, -0.2) is 73.0 Å². The van der Waals surface area contributed by atoms with Gasteiger partial charge in [0.2, 0.25) is 0 Å². The second-order valence-electron chi connectivity index (χ2n) is 16.4. The molecule has 12 heteroatoms. The van der Waals surface area contributed by atoms with Crippen molar-refractivity contribution in [3.05, 3.63) is 23.8 Å². The maximum atomic E-state index is 12.9. The van der Waals surface area contributed by atoms with Crippen LogP contribution in [0.25, 0.3) is 0 Å². The lowest BCUT2D eigenvalue weighted by Gasteiger charge is -2.42. The summed E-state index contributed by atoms with van der Waals surface area (Å²) in [5.74, 6) is 0. The highest BCUT2D eigenvalue weighted by Gasteiger charge is 2.65. The molecular formula is C32H52B3NO8. The molecule has 4 heterocycles. The number of anilines is 1. The molecule has 2 atom stereocenters. The van der Waals surface area contributed by atoms with Crippen LogP contribution in [0.5, 0.6) is 0 Å². The number of carbonyl (C=O) groups excluding carboxylic acids is 1. The Morgan fingerprint density at radius 1 is 0.773 bits per heavy atom. The summed E-state index contributed by atoms with van der Waals surface area (Å²) >= 11 is 0. The molecule has 2 unspecified atom stereocenters. The number of nitrogens with zero attached hydrogens (tertiary/aromatic N) is 1. The van der Waals surface area contributed by atoms with Crippen LogP contribution in [0.1, 0.15) is 115 Å². The molecule has 4 aliphatic rings. The van der Waals surface area contributed by atoms with E-state index in [-0.39, 0.29) is 6.09 Å². The quantitative estimate of drug-likeness (QED) is 0.394. The van der Waals surface area contributed by atoms with Gasteiger partial charge < -0.3 is 32.7 Å². The Morgan fingerprint density at radius 3 is 1.89 bits per heavy atom. The van der Waals surface area contributed by atoms with E-state index in [0.29, 0.717) is 19.4 Å². The van der Waals surface area contributed by atoms with Gasteiger partial charge in [0, 0.05) is 6.54 Å². The van der Waals surface area contributed by atoms with Gasteiger partial charge in [0.25, 0.3) is 0 Å². The minimum atomic E-state index is -0.638. The number of benzene rings is 1. The molecule has 0 spiro atoms. The summed E-state index contributed by atoms with van der Waals surface area (Å²) in [7, 11) is -1.78. The van der Waals surface area contributed by atoms with Crippen molar-refractivity contribution in [2.75, 3.05) is 11.4 Å². The van der Waals surface area contributed by atoms with Crippen LogP contribution in [0.4, 0.5) is 10.5 Å². The molecule has 3 fully saturated rings. The molecule has 0 aliphatic carbocycles. The standard InChI is InChI=1S/C32H52B3NO8/c1-26(2,3)38-25(37)36-20-14-15-22-21-23(16-17-24(22)36)33-39-29(8,9)31(12,43-33)18-19-32(13)30(10,11)42-35(44-32)34-40-27(4,5)28(6,7)41-34/h16-17,21H,14-15,18-20H2,1-13H3. The zero-order valence-corrected chi connectivity index (χ0v) is 29.2. The van der Waals surface area contributed by atoms with Crippen LogP contribution in [0, 0.1) is 0 Å². The van der Waals surface area contributed by atoms with Crippen molar-refractivity contribution >= 4 is 38.4 Å². The van der Waals surface area contributed by atoms with Gasteiger partial charge in [0.1, 0.15) is 5.60 Å². The van der Waals surface area contributed by atoms with Gasteiger partial charge >= 0.3 is 27.2 Å². The third-order valence-corrected chi connectivity index (χ3v) is 10.8. The van der Waals surface area contributed by atoms with E-state index in [9.17, 15) is 4.79 Å². The van der Waals surface area contributed by atoms with E-state index >= 15 is 0 Å². The zero-order valence-electron chi connectivity index (χ0n) is 29.2. The molecule has 0 saturated carbocycles. The van der Waals surface area contributed by atoms with Crippen molar-refractivity contribution in [1.82, 2.24) is 0 Å². The van der Waals surface area contributed by atoms with E-state index in [1.165, 1.54) is 0 Å². The highest BCUT2D eigenvalue weighted by molar-refractivity contribution is 7.11. The molecule has 4 aliphatic heterocycles. The number of fused-ring (bicyclic) bond motifs is 1. The van der Waals surface area contributed by atoms with Gasteiger partial charge in [0.05, 0.1) is 39.3 Å². The molecule has 44 heavy (non-hydrogen) atoms. The molecule has 3 saturated heterocycles. The van der Waals surface area contributed by atoms with E-state index < -0.39 is 60.3 Å². The Morgan fingerprint density at radius 2 is 1.30 bits per heavy atom. The molecule has 0 bridgehead atoms. The molecule has 5 rings (SSSR count). The lowest BCUT2D eigenvalue weighted by Crippen LogP contribution is -2.50. The van der Waals surface area contributed by atoms with Gasteiger partial charge in [-0.1, -0.05) is 12.1 Å². The first-order chi connectivity index (χ1) is 20.0. The van der Waals surface area contributed by atoms with Gasteiger partial charge in [-0.05, 0) is 133 Å². The SMILES string of the molecule is CC(C)(C)OC(=O)N1CCCc2cc(B3OC(C)(C)C(C)(CCC4(C)OB(B5OC(C)(C)C(C)(C)O5)OC4(C)C)O3)ccc21. The van der Waals surface area contributed by atoms with Crippen molar-refractivity contribution < 1.29 is 37.5 Å². The van der Waals surface area contributed by atoms with E-state index in [0.717, 1.165) is 29.6 Å². The number of amides is 1. The van der Waals surface area contributed by atoms with Gasteiger partial charge in [0.15, 0.2) is 0 Å². The third kappa shape index (κ3) is 6.00. The summed E-state index contributed by atoms with van der Waals surface area (Å²) in [6, 6.07) is 6.11. The van der Waals surface area contributed by atoms with Crippen LogP contribution in [0.3, 0.4) is 0 Å². The summed E-state index contributed by atoms with van der Waals surface area (Å²) < 4.78 is 44.6. The van der Waals surface area contributed by atoms with Gasteiger partial charge in [-0.25, -0.2) is 4.79 Å². The first-order valence-electron chi connectivity index (χ1n) is 16.2. The van der Waals surface area contributed by atoms with Crippen molar-refractivity contribution in [2.24, 2.45) is 0 Å². The zero-order chi connectivity index (χ0) is 32.7. The van der Waals surface area contributed by atoms with Crippen molar-refractivity contribution in [3.8, 4) is 0 Å². The predicted molar refractivity (Wildman–Crippen MR) is 174 cm³/mol. The van der Waals surface area contributed by atoms with E-state index in [1.807, 2.05) is 60.6 Å². The van der Waals surface area contributed by atoms with E-state index in [2.05, 4.69) is 47.6 Å². The highest BCUT2D eigenvalue weighted by Crippen LogP contribution is 2.48. The largest absolute Gasteiger partial charge is 0.494 e. The number of rotatable bonds is 5. The summed E-state index contributed by atoms with van der Waals surface area (Å²) in [5, 5.41) is 0. The topological polar surface area (TPSA) is 84.9 Å². The molecule has 1 aromatic rings. The predicted octanol–water partition coefficient (Wildman–Crippen LogP) is 5.68. The Balaban J connectivity index is 1.28. The summed E-state index contributed by atoms with van der Waals surface area (Å²) in [5.41, 5.74) is -0.929. The van der Waals surface area contributed by atoms with Crippen molar-refractivity contribution in [2.45, 2.75) is 155 Å². The highest BCUT2D eigenvalue weighted by atomic mass is 16.7. The second-order valence-corrected chi connectivity index (χ2v) is 16.4. The normalized spacial score (nSPS) is 30.6. The van der Waals surface area contributed by atoms with E-state index in [1.54, 1.807) is 4.90 Å². The summed E-state index contributed by atoms with van der Waals surface area (Å²) in [4.78, 5) is 14.7. The second kappa shape index (κ2) is 10.7. The van der Waals surface area contributed by atoms with Crippen LogP contribution in [-0.2, 0) is 39.1 Å². The number of hydrogen-bond donors (Lipinski definition) is 0. The fourth-order valence-corrected chi connectivity index (χ4v) is 6.35. The first kappa shape index (κ1) is 33.8. The minimum Gasteiger partial charge on any atom is -0.443 e. The Kier molecular flexibility index (Phi) is 8.25. The third-order valence-electron chi connectivity index (χ3n) is 10.8. The molecule has 9 nitrogen and oxygen atoms in total. The average Bonchev–Trinajstić information content (AvgIpc) is 3.37. The van der Waals surface area contributed by atoms with Gasteiger partial charge in [-0.3, -0.25) is 4.90 Å². The Bertz CT molecular complexity index is 1260. The van der Waals surface area contributed by atoms with Crippen LogP contribution in [0.15, 0.2) is 18.2 Å². The van der Waals surface area contributed by atoms with E-state index in [4.69, 9.17) is 32.7 Å². The number of carbonyl (C=O) groups is 1.